The second-order valence-corrected chi connectivity index (χ2v) is 4.47. The van der Waals surface area contributed by atoms with Gasteiger partial charge in [-0.3, -0.25) is 4.68 Å². The lowest BCUT2D eigenvalue weighted by Gasteiger charge is -2.05. The van der Waals surface area contributed by atoms with E-state index in [1.165, 1.54) is 0 Å². The maximum atomic E-state index is 5.80. The minimum Gasteiger partial charge on any atom is -0.398 e. The van der Waals surface area contributed by atoms with Gasteiger partial charge < -0.3 is 11.1 Å². The van der Waals surface area contributed by atoms with E-state index >= 15 is 0 Å². The van der Waals surface area contributed by atoms with Crippen LogP contribution in [0.2, 0.25) is 0 Å². The number of hydrogen-bond donors (Lipinski definition) is 2. The van der Waals surface area contributed by atoms with Gasteiger partial charge in [0.1, 0.15) is 0 Å². The van der Waals surface area contributed by atoms with Gasteiger partial charge in [0, 0.05) is 29.9 Å². The summed E-state index contributed by atoms with van der Waals surface area (Å²) in [4.78, 5) is 0. The molecule has 2 aromatic rings. The number of aryl methyl sites for hydroxylation is 1. The predicted octanol–water partition coefficient (Wildman–Crippen LogP) is 2.38. The van der Waals surface area contributed by atoms with Gasteiger partial charge in [0.05, 0.1) is 11.9 Å². The van der Waals surface area contributed by atoms with Crippen LogP contribution in [0, 0.1) is 0 Å². The Hall–Kier alpha value is -1.49. The first-order valence-electron chi connectivity index (χ1n) is 4.91. The molecule has 0 fully saturated rings. The molecule has 5 heteroatoms. The van der Waals surface area contributed by atoms with Crippen LogP contribution in [0.25, 0.3) is 0 Å². The zero-order chi connectivity index (χ0) is 11.5. The van der Waals surface area contributed by atoms with Gasteiger partial charge >= 0.3 is 0 Å². The molecule has 1 heterocycles. The molecule has 0 radical (unpaired) electrons. The number of hydrogen-bond acceptors (Lipinski definition) is 3. The van der Waals surface area contributed by atoms with Crippen LogP contribution in [0.1, 0.15) is 5.56 Å². The maximum Gasteiger partial charge on any atom is 0.0729 e. The minimum absolute atomic E-state index is 0.739. The maximum absolute atomic E-state index is 5.80. The Bertz CT molecular complexity index is 492. The molecule has 0 saturated heterocycles. The number of nitrogens with zero attached hydrogens (tertiary/aromatic N) is 2. The first kappa shape index (κ1) is 11.0. The first-order chi connectivity index (χ1) is 7.65. The van der Waals surface area contributed by atoms with Gasteiger partial charge in [0.15, 0.2) is 0 Å². The standard InChI is InChI=1S/C11H13BrN4/c1-16-7-9(6-15-16)14-5-8-2-3-10(12)11(13)4-8/h2-4,6-7,14H,5,13H2,1H3. The van der Waals surface area contributed by atoms with Crippen LogP contribution in [0.3, 0.4) is 0 Å². The quantitative estimate of drug-likeness (QED) is 0.849. The van der Waals surface area contributed by atoms with Crippen LogP contribution in [0.4, 0.5) is 11.4 Å². The minimum atomic E-state index is 0.739. The van der Waals surface area contributed by atoms with E-state index in [2.05, 4.69) is 26.3 Å². The lowest BCUT2D eigenvalue weighted by molar-refractivity contribution is 0.768. The van der Waals surface area contributed by atoms with Gasteiger partial charge in [-0.25, -0.2) is 0 Å². The number of halogens is 1. The van der Waals surface area contributed by atoms with Crippen molar-refractivity contribution in [3.8, 4) is 0 Å². The highest BCUT2D eigenvalue weighted by Gasteiger charge is 1.99. The normalized spacial score (nSPS) is 10.4. The number of benzene rings is 1. The van der Waals surface area contributed by atoms with Crippen molar-refractivity contribution in [2.45, 2.75) is 6.54 Å². The van der Waals surface area contributed by atoms with Gasteiger partial charge in [-0.15, -0.1) is 0 Å². The Balaban J connectivity index is 2.02. The van der Waals surface area contributed by atoms with Crippen molar-refractivity contribution in [2.75, 3.05) is 11.1 Å². The molecule has 0 unspecified atom stereocenters. The van der Waals surface area contributed by atoms with E-state index in [0.717, 1.165) is 28.0 Å². The van der Waals surface area contributed by atoms with Crippen molar-refractivity contribution < 1.29 is 0 Å². The summed E-state index contributed by atoms with van der Waals surface area (Å²) in [7, 11) is 1.89. The van der Waals surface area contributed by atoms with Gasteiger partial charge in [0.2, 0.25) is 0 Å². The number of aromatic nitrogens is 2. The van der Waals surface area contributed by atoms with Crippen LogP contribution < -0.4 is 11.1 Å². The lowest BCUT2D eigenvalue weighted by Crippen LogP contribution is -1.99. The van der Waals surface area contributed by atoms with Crippen LogP contribution in [-0.4, -0.2) is 9.78 Å². The highest BCUT2D eigenvalue weighted by molar-refractivity contribution is 9.10. The molecule has 16 heavy (non-hydrogen) atoms. The Labute approximate surface area is 103 Å². The molecular formula is C11H13BrN4. The summed E-state index contributed by atoms with van der Waals surface area (Å²) in [5.74, 6) is 0. The first-order valence-corrected chi connectivity index (χ1v) is 5.71. The van der Waals surface area contributed by atoms with Gasteiger partial charge in [-0.05, 0) is 33.6 Å². The van der Waals surface area contributed by atoms with E-state index in [9.17, 15) is 0 Å². The van der Waals surface area contributed by atoms with Gasteiger partial charge in [0.25, 0.3) is 0 Å². The fraction of sp³-hybridized carbons (Fsp3) is 0.182. The van der Waals surface area contributed by atoms with Crippen molar-refractivity contribution >= 4 is 27.3 Å². The van der Waals surface area contributed by atoms with E-state index in [1.807, 2.05) is 31.4 Å². The molecule has 0 atom stereocenters. The summed E-state index contributed by atoms with van der Waals surface area (Å²) in [5, 5.41) is 7.36. The van der Waals surface area contributed by atoms with Crippen molar-refractivity contribution in [2.24, 2.45) is 7.05 Å². The fourth-order valence-electron chi connectivity index (χ4n) is 1.42. The Kier molecular flexibility index (Phi) is 3.14. The van der Waals surface area contributed by atoms with Crippen molar-refractivity contribution in [1.29, 1.82) is 0 Å². The third kappa shape index (κ3) is 2.55. The highest BCUT2D eigenvalue weighted by Crippen LogP contribution is 2.20. The summed E-state index contributed by atoms with van der Waals surface area (Å²) >= 11 is 3.37. The fourth-order valence-corrected chi connectivity index (χ4v) is 1.67. The molecule has 2 rings (SSSR count). The third-order valence-corrected chi connectivity index (χ3v) is 2.98. The largest absolute Gasteiger partial charge is 0.398 e. The smallest absolute Gasteiger partial charge is 0.0729 e. The molecule has 84 valence electrons. The predicted molar refractivity (Wildman–Crippen MR) is 69.1 cm³/mol. The van der Waals surface area contributed by atoms with Crippen molar-refractivity contribution in [1.82, 2.24) is 9.78 Å². The third-order valence-electron chi connectivity index (χ3n) is 2.26. The SMILES string of the molecule is Cn1cc(NCc2ccc(Br)c(N)c2)cn1. The van der Waals surface area contributed by atoms with Crippen molar-refractivity contribution in [3.63, 3.8) is 0 Å². The summed E-state index contributed by atoms with van der Waals surface area (Å²) in [6.07, 6.45) is 3.73. The molecule has 0 bridgehead atoms. The Morgan fingerprint density at radius 1 is 1.50 bits per heavy atom. The monoisotopic (exact) mass is 280 g/mol. The van der Waals surface area contributed by atoms with E-state index in [1.54, 1.807) is 10.9 Å². The molecule has 0 spiro atoms. The zero-order valence-corrected chi connectivity index (χ0v) is 10.5. The molecule has 0 amide bonds. The van der Waals surface area contributed by atoms with Crippen LogP contribution in [0.5, 0.6) is 0 Å². The lowest BCUT2D eigenvalue weighted by atomic mass is 10.2. The molecule has 0 aliphatic rings. The molecule has 4 nitrogen and oxygen atoms in total. The Morgan fingerprint density at radius 3 is 2.94 bits per heavy atom. The summed E-state index contributed by atoms with van der Waals surface area (Å²) in [6, 6.07) is 5.94. The molecule has 1 aromatic heterocycles. The average molecular weight is 281 g/mol. The second-order valence-electron chi connectivity index (χ2n) is 3.61. The zero-order valence-electron chi connectivity index (χ0n) is 8.94. The molecule has 0 saturated carbocycles. The number of nitrogens with two attached hydrogens (primary N) is 1. The molecule has 1 aromatic carbocycles. The van der Waals surface area contributed by atoms with Gasteiger partial charge in [-0.2, -0.15) is 5.10 Å². The second kappa shape index (κ2) is 4.57. The highest BCUT2D eigenvalue weighted by atomic mass is 79.9. The van der Waals surface area contributed by atoms with E-state index < -0.39 is 0 Å². The van der Waals surface area contributed by atoms with E-state index in [4.69, 9.17) is 5.73 Å². The summed E-state index contributed by atoms with van der Waals surface area (Å²) in [5.41, 5.74) is 8.70. The van der Waals surface area contributed by atoms with E-state index in [-0.39, 0.29) is 0 Å². The van der Waals surface area contributed by atoms with Gasteiger partial charge in [-0.1, -0.05) is 6.07 Å². The number of anilines is 2. The molecule has 3 N–H and O–H groups in total. The summed E-state index contributed by atoms with van der Waals surface area (Å²) in [6.45, 7) is 0.739. The van der Waals surface area contributed by atoms with Crippen LogP contribution in [-0.2, 0) is 13.6 Å². The summed E-state index contributed by atoms with van der Waals surface area (Å²) < 4.78 is 2.69. The molecule has 0 aliphatic heterocycles. The van der Waals surface area contributed by atoms with E-state index in [0.29, 0.717) is 0 Å². The number of rotatable bonds is 3. The molecular weight excluding hydrogens is 268 g/mol. The topological polar surface area (TPSA) is 55.9 Å². The number of nitrogens with one attached hydrogen (secondary N) is 1. The average Bonchev–Trinajstić information content (AvgIpc) is 2.66. The molecule has 0 aliphatic carbocycles. The Morgan fingerprint density at radius 2 is 2.31 bits per heavy atom. The van der Waals surface area contributed by atoms with Crippen molar-refractivity contribution in [3.05, 3.63) is 40.6 Å². The number of nitrogen functional groups attached to an aromatic ring is 1. The van der Waals surface area contributed by atoms with Crippen LogP contribution >= 0.6 is 15.9 Å². The van der Waals surface area contributed by atoms with Crippen LogP contribution in [0.15, 0.2) is 35.1 Å².